The number of carbonyl (C=O) groups is 2. The minimum absolute atomic E-state index is 0.00393. The molecular weight excluding hydrogens is 699 g/mol. The summed E-state index contributed by atoms with van der Waals surface area (Å²) in [5.74, 6) is -1.02. The minimum Gasteiger partial charge on any atom is -0.481 e. The average molecular weight is 735 g/mol. The number of nitrogens with zero attached hydrogens (tertiary/aromatic N) is 3. The molecule has 1 amide bonds. The maximum Gasteiger partial charge on any atom is 0.416 e. The molecule has 2 atom stereocenters. The number of carbonyl (C=O) groups excluding carboxylic acids is 1. The molecule has 2 aromatic carbocycles. The highest BCUT2D eigenvalue weighted by atomic mass is 19.4. The zero-order valence-corrected chi connectivity index (χ0v) is 27.6. The Hall–Kier alpha value is -4.70. The third-order valence-corrected chi connectivity index (χ3v) is 8.36. The third-order valence-electron chi connectivity index (χ3n) is 8.36. The first kappa shape index (κ1) is 39.1. The predicted octanol–water partition coefficient (Wildman–Crippen LogP) is 9.33. The fourth-order valence-corrected chi connectivity index (χ4v) is 5.78. The number of amides is 1. The van der Waals surface area contributed by atoms with Gasteiger partial charge in [0.25, 0.3) is 0 Å². The minimum atomic E-state index is -5.08. The molecule has 2 N–H and O–H groups in total. The second kappa shape index (κ2) is 15.3. The van der Waals surface area contributed by atoms with Gasteiger partial charge in [-0.1, -0.05) is 6.92 Å². The van der Waals surface area contributed by atoms with Gasteiger partial charge >= 0.3 is 30.6 Å². The Bertz CT molecular complexity index is 1690. The largest absolute Gasteiger partial charge is 0.481 e. The Kier molecular flexibility index (Phi) is 11.7. The fraction of sp³-hybridized carbons (Fsp3) is 0.441. The summed E-state index contributed by atoms with van der Waals surface area (Å²) in [7, 11) is 3.28. The number of halogens is 9. The van der Waals surface area contributed by atoms with Crippen molar-refractivity contribution in [3.05, 3.63) is 82.0 Å². The molecule has 4 rings (SSSR count). The van der Waals surface area contributed by atoms with Crippen LogP contribution >= 0.6 is 0 Å². The lowest BCUT2D eigenvalue weighted by Crippen LogP contribution is -2.46. The van der Waals surface area contributed by atoms with Crippen molar-refractivity contribution in [1.29, 1.82) is 0 Å². The van der Waals surface area contributed by atoms with E-state index in [2.05, 4.69) is 10.3 Å². The van der Waals surface area contributed by atoms with Crippen molar-refractivity contribution in [2.75, 3.05) is 35.8 Å². The Labute approximate surface area is 287 Å². The number of rotatable bonds is 11. The number of fused-ring (bicyclic) bond motifs is 1. The van der Waals surface area contributed by atoms with Gasteiger partial charge in [-0.15, -0.1) is 0 Å². The summed E-state index contributed by atoms with van der Waals surface area (Å²) in [6.45, 7) is 1.61. The Morgan fingerprint density at radius 2 is 1.55 bits per heavy atom. The summed E-state index contributed by atoms with van der Waals surface area (Å²) in [5.41, 5.74) is -3.62. The molecule has 1 aliphatic rings. The normalized spacial score (nSPS) is 16.4. The van der Waals surface area contributed by atoms with Gasteiger partial charge in [0.15, 0.2) is 0 Å². The van der Waals surface area contributed by atoms with E-state index >= 15 is 0 Å². The average Bonchev–Trinajstić information content (AvgIpc) is 3.03. The first-order chi connectivity index (χ1) is 23.7. The number of hydrogen-bond donors (Lipinski definition) is 2. The molecule has 0 saturated heterocycles. The van der Waals surface area contributed by atoms with Crippen LogP contribution in [0.2, 0.25) is 0 Å². The molecule has 17 heteroatoms. The van der Waals surface area contributed by atoms with Crippen LogP contribution in [0, 0.1) is 0 Å². The van der Waals surface area contributed by atoms with Gasteiger partial charge < -0.3 is 20.1 Å². The molecule has 278 valence electrons. The van der Waals surface area contributed by atoms with Crippen LogP contribution in [0.15, 0.2) is 48.7 Å². The number of anilines is 3. The molecule has 0 saturated carbocycles. The van der Waals surface area contributed by atoms with Gasteiger partial charge in [-0.05, 0) is 79.3 Å². The molecule has 0 unspecified atom stereocenters. The molecule has 0 bridgehead atoms. The van der Waals surface area contributed by atoms with Crippen molar-refractivity contribution in [3.63, 3.8) is 0 Å². The van der Waals surface area contributed by atoms with Crippen LogP contribution in [0.5, 0.6) is 0 Å². The smallest absolute Gasteiger partial charge is 0.416 e. The van der Waals surface area contributed by atoms with Crippen molar-refractivity contribution < 1.29 is 58.9 Å². The summed E-state index contributed by atoms with van der Waals surface area (Å²) in [5, 5.41) is 11.9. The van der Waals surface area contributed by atoms with Gasteiger partial charge in [0.2, 0.25) is 0 Å². The number of pyridine rings is 1. The van der Waals surface area contributed by atoms with Gasteiger partial charge in [0.1, 0.15) is 5.82 Å². The number of carboxylic acids is 1. The fourth-order valence-electron chi connectivity index (χ4n) is 5.78. The highest BCUT2D eigenvalue weighted by molar-refractivity contribution is 5.90. The molecule has 2 heterocycles. The second-order valence-electron chi connectivity index (χ2n) is 12.3. The monoisotopic (exact) mass is 734 g/mol. The summed E-state index contributed by atoms with van der Waals surface area (Å²) in [6.07, 6.45) is -14.2. The summed E-state index contributed by atoms with van der Waals surface area (Å²) in [6, 6.07) is 3.96. The van der Waals surface area contributed by atoms with E-state index in [1.54, 1.807) is 25.9 Å². The van der Waals surface area contributed by atoms with Crippen LogP contribution in [0.1, 0.15) is 78.5 Å². The van der Waals surface area contributed by atoms with Crippen molar-refractivity contribution in [2.24, 2.45) is 0 Å². The van der Waals surface area contributed by atoms with E-state index in [1.165, 1.54) is 17.2 Å². The molecule has 0 aliphatic carbocycles. The number of ether oxygens (including phenoxy) is 1. The number of hydrogen-bond acceptors (Lipinski definition) is 6. The van der Waals surface area contributed by atoms with Crippen molar-refractivity contribution in [2.45, 2.75) is 76.1 Å². The van der Waals surface area contributed by atoms with Crippen molar-refractivity contribution in [1.82, 2.24) is 4.98 Å². The van der Waals surface area contributed by atoms with E-state index in [-0.39, 0.29) is 66.6 Å². The van der Waals surface area contributed by atoms with Crippen LogP contribution in [-0.2, 0) is 34.5 Å². The molecule has 0 radical (unpaired) electrons. The number of alkyl halides is 9. The summed E-state index contributed by atoms with van der Waals surface area (Å²) < 4.78 is 129. The lowest BCUT2D eigenvalue weighted by atomic mass is 9.88. The predicted molar refractivity (Wildman–Crippen MR) is 170 cm³/mol. The number of benzene rings is 2. The number of unbranched alkanes of at least 4 members (excludes halogenated alkanes) is 1. The first-order valence-corrected chi connectivity index (χ1v) is 15.8. The highest BCUT2D eigenvalue weighted by Gasteiger charge is 2.40. The quantitative estimate of drug-likeness (QED) is 0.150. The van der Waals surface area contributed by atoms with E-state index in [0.717, 1.165) is 18.2 Å². The van der Waals surface area contributed by atoms with Crippen LogP contribution in [0.3, 0.4) is 0 Å². The van der Waals surface area contributed by atoms with Gasteiger partial charge in [-0.25, -0.2) is 9.78 Å². The van der Waals surface area contributed by atoms with Crippen molar-refractivity contribution in [3.8, 4) is 0 Å². The Morgan fingerprint density at radius 1 is 0.922 bits per heavy atom. The molecule has 8 nitrogen and oxygen atoms in total. The van der Waals surface area contributed by atoms with E-state index in [0.29, 0.717) is 24.2 Å². The maximum atomic E-state index is 13.9. The zero-order chi connectivity index (χ0) is 37.9. The van der Waals surface area contributed by atoms with Crippen LogP contribution in [0.4, 0.5) is 61.5 Å². The second-order valence-corrected chi connectivity index (χ2v) is 12.3. The van der Waals surface area contributed by atoms with Gasteiger partial charge in [0.05, 0.1) is 46.9 Å². The summed E-state index contributed by atoms with van der Waals surface area (Å²) in [4.78, 5) is 31.3. The zero-order valence-electron chi connectivity index (χ0n) is 27.6. The van der Waals surface area contributed by atoms with Gasteiger partial charge in [-0.2, -0.15) is 39.5 Å². The molecule has 1 aromatic heterocycles. The van der Waals surface area contributed by atoms with E-state index in [9.17, 15) is 49.1 Å². The van der Waals surface area contributed by atoms with E-state index in [4.69, 9.17) is 9.84 Å². The Balaban J connectivity index is 1.76. The first-order valence-electron chi connectivity index (χ1n) is 15.8. The number of nitrogens with one attached hydrogen (secondary N) is 1. The van der Waals surface area contributed by atoms with Crippen LogP contribution in [-0.4, -0.2) is 48.9 Å². The molecule has 1 aliphatic heterocycles. The molecule has 3 aromatic rings. The third kappa shape index (κ3) is 9.76. The number of carboxylic acid groups (broad SMARTS) is 1. The maximum absolute atomic E-state index is 13.9. The van der Waals surface area contributed by atoms with Crippen molar-refractivity contribution >= 4 is 29.3 Å². The highest BCUT2D eigenvalue weighted by Crippen LogP contribution is 2.44. The number of aliphatic carboxylic acids is 1. The van der Waals surface area contributed by atoms with Crippen LogP contribution in [0.25, 0.3) is 0 Å². The topological polar surface area (TPSA) is 95.0 Å². The van der Waals surface area contributed by atoms with Crippen LogP contribution < -0.4 is 15.1 Å². The standard InChI is InChI=1S/C34H35F9N4O4/c1-4-24-17-27(26-16-21(32(35,36)37)8-9-28(26)47(24)31(50)51-10-6-5-7-29(48)49)45-30-20(14-25(18-44-30)46(2)3)11-19-12-22(33(38,39)40)15-23(13-19)34(41,42)43/h8-9,12-16,18,24,27H,4-7,10-11,17H2,1-3H3,(H,44,45)(H,48,49)/t24-,27+/m1/s1. The lowest BCUT2D eigenvalue weighted by Gasteiger charge is -2.40. The van der Waals surface area contributed by atoms with E-state index < -0.39 is 65.8 Å². The number of aromatic nitrogens is 1. The molecule has 0 spiro atoms. The Morgan fingerprint density at radius 3 is 2.10 bits per heavy atom. The molecule has 0 fully saturated rings. The lowest BCUT2D eigenvalue weighted by molar-refractivity contribution is -0.143. The SMILES string of the molecule is CC[C@@H]1C[C@H](Nc2ncc(N(C)C)cc2Cc2cc(C(F)(F)F)cc(C(F)(F)F)c2)c2cc(C(F)(F)F)ccc2N1C(=O)OCCCCC(=O)O. The van der Waals surface area contributed by atoms with Gasteiger partial charge in [0, 0.05) is 38.5 Å². The van der Waals surface area contributed by atoms with E-state index in [1.807, 2.05) is 0 Å². The summed E-state index contributed by atoms with van der Waals surface area (Å²) >= 11 is 0. The molecular formula is C34H35F9N4O4. The molecule has 51 heavy (non-hydrogen) atoms. The van der Waals surface area contributed by atoms with Gasteiger partial charge in [-0.3, -0.25) is 9.69 Å².